The van der Waals surface area contributed by atoms with Gasteiger partial charge in [0.05, 0.1) is 24.7 Å². The zero-order valence-corrected chi connectivity index (χ0v) is 23.6. The second kappa shape index (κ2) is 16.6. The molecule has 3 aromatic carbocycles. The summed E-state index contributed by atoms with van der Waals surface area (Å²) < 4.78 is 22.2. The first-order valence-electron chi connectivity index (χ1n) is 14.3. The van der Waals surface area contributed by atoms with E-state index in [1.165, 1.54) is 44.9 Å². The predicted molar refractivity (Wildman–Crippen MR) is 155 cm³/mol. The zero-order chi connectivity index (χ0) is 27.9. The van der Waals surface area contributed by atoms with Crippen molar-refractivity contribution in [2.24, 2.45) is 5.92 Å². The van der Waals surface area contributed by atoms with Crippen LogP contribution in [0, 0.1) is 5.92 Å². The Bertz CT molecular complexity index is 1170. The maximum atomic E-state index is 12.7. The Morgan fingerprint density at radius 2 is 1.26 bits per heavy atom. The van der Waals surface area contributed by atoms with Gasteiger partial charge in [-0.25, -0.2) is 4.79 Å². The molecule has 6 nitrogen and oxygen atoms in total. The molecule has 0 amide bonds. The van der Waals surface area contributed by atoms with E-state index in [1.54, 1.807) is 55.5 Å². The van der Waals surface area contributed by atoms with E-state index in [-0.39, 0.29) is 11.9 Å². The first kappa shape index (κ1) is 30.2. The van der Waals surface area contributed by atoms with Crippen LogP contribution in [0.25, 0.3) is 10.8 Å². The van der Waals surface area contributed by atoms with Crippen LogP contribution in [0.1, 0.15) is 82.5 Å². The Morgan fingerprint density at radius 3 is 1.87 bits per heavy atom. The number of carbonyl (C=O) groups excluding carboxylic acids is 2. The lowest BCUT2D eigenvalue weighted by atomic mass is 10.1. The van der Waals surface area contributed by atoms with Gasteiger partial charge in [-0.15, -0.1) is 0 Å². The van der Waals surface area contributed by atoms with Gasteiger partial charge in [0, 0.05) is 6.61 Å². The largest absolute Gasteiger partial charge is 0.494 e. The Hall–Kier alpha value is -3.38. The summed E-state index contributed by atoms with van der Waals surface area (Å²) in [5.41, 5.74) is 0.456. The van der Waals surface area contributed by atoms with Crippen molar-refractivity contribution in [3.05, 3.63) is 66.2 Å². The van der Waals surface area contributed by atoms with Gasteiger partial charge >= 0.3 is 11.9 Å². The van der Waals surface area contributed by atoms with Crippen LogP contribution in [-0.4, -0.2) is 31.8 Å². The van der Waals surface area contributed by atoms with Gasteiger partial charge in [-0.3, -0.25) is 4.79 Å². The zero-order valence-electron chi connectivity index (χ0n) is 23.6. The summed E-state index contributed by atoms with van der Waals surface area (Å²) in [6.45, 7) is 7.47. The van der Waals surface area contributed by atoms with Gasteiger partial charge in [-0.1, -0.05) is 64.0 Å². The van der Waals surface area contributed by atoms with Crippen LogP contribution in [0.5, 0.6) is 17.2 Å². The summed E-state index contributed by atoms with van der Waals surface area (Å²) in [4.78, 5) is 24.9. The van der Waals surface area contributed by atoms with Gasteiger partial charge in [-0.05, 0) is 79.6 Å². The summed E-state index contributed by atoms with van der Waals surface area (Å²) in [5.74, 6) is 0.542. The molecule has 0 saturated heterocycles. The third-order valence-corrected chi connectivity index (χ3v) is 6.54. The summed E-state index contributed by atoms with van der Waals surface area (Å²) in [6.07, 6.45) is 10.1. The second-order valence-corrected chi connectivity index (χ2v) is 9.89. The summed E-state index contributed by atoms with van der Waals surface area (Å²) in [7, 11) is 0. The highest BCUT2D eigenvalue weighted by molar-refractivity contribution is 5.92. The molecule has 0 aliphatic heterocycles. The van der Waals surface area contributed by atoms with E-state index < -0.39 is 5.97 Å². The molecule has 210 valence electrons. The lowest BCUT2D eigenvalue weighted by Crippen LogP contribution is -2.22. The van der Waals surface area contributed by atoms with Crippen LogP contribution >= 0.6 is 0 Å². The molecule has 0 radical (unpaired) electrons. The van der Waals surface area contributed by atoms with Crippen LogP contribution in [0.4, 0.5) is 0 Å². The number of hydrogen-bond acceptors (Lipinski definition) is 6. The summed E-state index contributed by atoms with van der Waals surface area (Å²) in [6, 6.07) is 17.8. The van der Waals surface area contributed by atoms with Crippen LogP contribution in [0.3, 0.4) is 0 Å². The molecule has 0 heterocycles. The van der Waals surface area contributed by atoms with E-state index in [4.69, 9.17) is 18.9 Å². The van der Waals surface area contributed by atoms with E-state index in [0.717, 1.165) is 22.9 Å². The van der Waals surface area contributed by atoms with Crippen LogP contribution in [0.15, 0.2) is 60.7 Å². The number of ether oxygens (including phenoxy) is 4. The van der Waals surface area contributed by atoms with Crippen LogP contribution in [-0.2, 0) is 9.53 Å². The number of benzene rings is 3. The molecule has 0 N–H and O–H groups in total. The summed E-state index contributed by atoms with van der Waals surface area (Å²) >= 11 is 0. The van der Waals surface area contributed by atoms with Crippen molar-refractivity contribution in [2.75, 3.05) is 19.8 Å². The molecule has 39 heavy (non-hydrogen) atoms. The van der Waals surface area contributed by atoms with Crippen LogP contribution in [0.2, 0.25) is 0 Å². The van der Waals surface area contributed by atoms with E-state index in [9.17, 15) is 9.59 Å². The Labute approximate surface area is 232 Å². The molecular weight excluding hydrogens is 492 g/mol. The topological polar surface area (TPSA) is 71.1 Å². The molecule has 1 atom stereocenters. The molecule has 0 aliphatic rings. The van der Waals surface area contributed by atoms with Crippen molar-refractivity contribution in [3.8, 4) is 17.2 Å². The highest BCUT2D eigenvalue weighted by Gasteiger charge is 2.16. The van der Waals surface area contributed by atoms with Crippen molar-refractivity contribution < 1.29 is 28.5 Å². The number of carbonyl (C=O) groups is 2. The number of fused-ring (bicyclic) bond motifs is 1. The fourth-order valence-corrected chi connectivity index (χ4v) is 4.19. The minimum atomic E-state index is -0.433. The van der Waals surface area contributed by atoms with Gasteiger partial charge in [0.25, 0.3) is 0 Å². The highest BCUT2D eigenvalue weighted by Crippen LogP contribution is 2.26. The third-order valence-electron chi connectivity index (χ3n) is 6.54. The van der Waals surface area contributed by atoms with E-state index in [2.05, 4.69) is 6.92 Å². The van der Waals surface area contributed by atoms with Crippen molar-refractivity contribution in [1.29, 1.82) is 0 Å². The second-order valence-electron chi connectivity index (χ2n) is 9.89. The molecule has 0 aliphatic carbocycles. The monoisotopic (exact) mass is 534 g/mol. The minimum Gasteiger partial charge on any atom is -0.494 e. The van der Waals surface area contributed by atoms with Gasteiger partial charge in [0.15, 0.2) is 0 Å². The Morgan fingerprint density at radius 1 is 0.692 bits per heavy atom. The molecule has 0 saturated carbocycles. The van der Waals surface area contributed by atoms with Crippen molar-refractivity contribution in [2.45, 2.75) is 72.1 Å². The van der Waals surface area contributed by atoms with E-state index in [0.29, 0.717) is 36.9 Å². The molecule has 3 aromatic rings. The van der Waals surface area contributed by atoms with Crippen molar-refractivity contribution in [3.63, 3.8) is 0 Å². The first-order chi connectivity index (χ1) is 19.0. The van der Waals surface area contributed by atoms with Gasteiger partial charge in [0.2, 0.25) is 0 Å². The minimum absolute atomic E-state index is 0.326. The Kier molecular flexibility index (Phi) is 12.8. The van der Waals surface area contributed by atoms with Gasteiger partial charge in [0.1, 0.15) is 17.2 Å². The SMILES string of the molecule is CCCCCCCCCCOc1ccc(C(=O)Oc2ccc3cc(OC(=O)[C@H](C)COCC)ccc3c2)cc1. The van der Waals surface area contributed by atoms with E-state index in [1.807, 2.05) is 19.1 Å². The predicted octanol–water partition coefficient (Wildman–Crippen LogP) is 8.16. The molecule has 6 heteroatoms. The molecule has 0 unspecified atom stereocenters. The summed E-state index contributed by atoms with van der Waals surface area (Å²) in [5, 5.41) is 1.74. The fourth-order valence-electron chi connectivity index (χ4n) is 4.19. The molecule has 0 spiro atoms. The lowest BCUT2D eigenvalue weighted by molar-refractivity contribution is -0.140. The average Bonchev–Trinajstić information content (AvgIpc) is 2.95. The van der Waals surface area contributed by atoms with Crippen molar-refractivity contribution >= 4 is 22.7 Å². The maximum absolute atomic E-state index is 12.7. The number of unbranched alkanes of at least 4 members (excludes halogenated alkanes) is 7. The van der Waals surface area contributed by atoms with Crippen LogP contribution < -0.4 is 14.2 Å². The molecule has 0 fully saturated rings. The molecular formula is C33H42O6. The highest BCUT2D eigenvalue weighted by atomic mass is 16.5. The quantitative estimate of drug-likeness (QED) is 0.0988. The lowest BCUT2D eigenvalue weighted by Gasteiger charge is -2.12. The van der Waals surface area contributed by atoms with Gasteiger partial charge in [-0.2, -0.15) is 0 Å². The molecule has 0 bridgehead atoms. The van der Waals surface area contributed by atoms with E-state index >= 15 is 0 Å². The number of hydrogen-bond donors (Lipinski definition) is 0. The first-order valence-corrected chi connectivity index (χ1v) is 14.3. The molecule has 0 aromatic heterocycles. The normalized spacial score (nSPS) is 11.8. The number of rotatable bonds is 17. The standard InChI is InChI=1S/C33H42O6/c1-4-6-7-8-9-10-11-12-21-37-29-17-13-26(14-18-29)33(35)39-31-20-16-27-22-30(19-15-28(27)23-31)38-32(34)25(3)24-36-5-2/h13-20,22-23,25H,4-12,21,24H2,1-3H3/t25-/m1/s1. The Balaban J connectivity index is 1.45. The maximum Gasteiger partial charge on any atom is 0.343 e. The third kappa shape index (κ3) is 10.4. The smallest absolute Gasteiger partial charge is 0.343 e. The number of esters is 2. The molecule has 3 rings (SSSR count). The van der Waals surface area contributed by atoms with Gasteiger partial charge < -0.3 is 18.9 Å². The average molecular weight is 535 g/mol. The fraction of sp³-hybridized carbons (Fsp3) is 0.455. The van der Waals surface area contributed by atoms with Crippen molar-refractivity contribution in [1.82, 2.24) is 0 Å².